The predicted octanol–water partition coefficient (Wildman–Crippen LogP) is 3.63. The number of aromatic nitrogens is 1. The maximum atomic E-state index is 4.39. The summed E-state index contributed by atoms with van der Waals surface area (Å²) in [6.07, 6.45) is 7.02. The van der Waals surface area contributed by atoms with E-state index < -0.39 is 0 Å². The van der Waals surface area contributed by atoms with Crippen molar-refractivity contribution >= 4 is 17.3 Å². The summed E-state index contributed by atoms with van der Waals surface area (Å²) < 4.78 is 0. The van der Waals surface area contributed by atoms with Crippen molar-refractivity contribution in [2.24, 2.45) is 4.99 Å². The van der Waals surface area contributed by atoms with Gasteiger partial charge in [0.2, 0.25) is 0 Å². The molecule has 1 aromatic carbocycles. The Bertz CT molecular complexity index is 672. The molecule has 0 atom stereocenters. The highest BCUT2D eigenvalue weighted by Crippen LogP contribution is 2.40. The zero-order valence-corrected chi connectivity index (χ0v) is 15.3. The van der Waals surface area contributed by atoms with Gasteiger partial charge in [-0.15, -0.1) is 11.3 Å². The standard InChI is InChI=1S/C19H26N4S/c1-15-12-21-17(24-15)13-22-18(20-2)23-14-19(10-6-7-11-19)16-8-4-3-5-9-16/h3-5,8-9,12H,6-7,10-11,13-14H2,1-2H3,(H2,20,22,23). The van der Waals surface area contributed by atoms with Gasteiger partial charge in [0, 0.05) is 30.1 Å². The van der Waals surface area contributed by atoms with E-state index in [1.54, 1.807) is 11.3 Å². The Morgan fingerprint density at radius 3 is 2.58 bits per heavy atom. The van der Waals surface area contributed by atoms with Gasteiger partial charge in [0.25, 0.3) is 0 Å². The number of thiazole rings is 1. The summed E-state index contributed by atoms with van der Waals surface area (Å²) >= 11 is 1.72. The third kappa shape index (κ3) is 3.96. The third-order valence-electron chi connectivity index (χ3n) is 4.84. The Labute approximate surface area is 148 Å². The molecule has 0 saturated heterocycles. The van der Waals surface area contributed by atoms with Crippen molar-refractivity contribution in [2.75, 3.05) is 13.6 Å². The normalized spacial score (nSPS) is 17.0. The number of nitrogens with zero attached hydrogens (tertiary/aromatic N) is 2. The van der Waals surface area contributed by atoms with Gasteiger partial charge >= 0.3 is 0 Å². The topological polar surface area (TPSA) is 49.3 Å². The van der Waals surface area contributed by atoms with E-state index in [0.29, 0.717) is 0 Å². The highest BCUT2D eigenvalue weighted by molar-refractivity contribution is 7.11. The maximum absolute atomic E-state index is 4.39. The molecule has 1 saturated carbocycles. The Morgan fingerprint density at radius 1 is 1.21 bits per heavy atom. The minimum atomic E-state index is 0.233. The molecule has 128 valence electrons. The molecular formula is C19H26N4S. The van der Waals surface area contributed by atoms with E-state index in [-0.39, 0.29) is 5.41 Å². The molecule has 0 spiro atoms. The molecule has 5 heteroatoms. The van der Waals surface area contributed by atoms with Gasteiger partial charge in [-0.2, -0.15) is 0 Å². The van der Waals surface area contributed by atoms with Crippen LogP contribution >= 0.6 is 11.3 Å². The fourth-order valence-corrected chi connectivity index (χ4v) is 4.25. The molecule has 0 radical (unpaired) electrons. The molecule has 3 rings (SSSR count). The quantitative estimate of drug-likeness (QED) is 0.644. The molecule has 0 bridgehead atoms. The molecule has 2 N–H and O–H groups in total. The molecule has 24 heavy (non-hydrogen) atoms. The summed E-state index contributed by atoms with van der Waals surface area (Å²) in [6.45, 7) is 3.72. The minimum absolute atomic E-state index is 0.233. The second kappa shape index (κ2) is 7.79. The van der Waals surface area contributed by atoms with Crippen molar-refractivity contribution in [1.82, 2.24) is 15.6 Å². The van der Waals surface area contributed by atoms with Crippen LogP contribution in [0.25, 0.3) is 0 Å². The average Bonchev–Trinajstić information content (AvgIpc) is 3.26. The molecule has 2 aromatic rings. The molecule has 4 nitrogen and oxygen atoms in total. The second-order valence-corrected chi connectivity index (χ2v) is 7.82. The Hall–Kier alpha value is -1.88. The van der Waals surface area contributed by atoms with Crippen molar-refractivity contribution < 1.29 is 0 Å². The Kier molecular flexibility index (Phi) is 5.51. The number of guanidine groups is 1. The number of hydrogen-bond acceptors (Lipinski definition) is 3. The summed E-state index contributed by atoms with van der Waals surface area (Å²) in [7, 11) is 1.83. The number of aliphatic imine (C=N–C) groups is 1. The van der Waals surface area contributed by atoms with Gasteiger partial charge in [-0.1, -0.05) is 43.2 Å². The first-order valence-corrected chi connectivity index (χ1v) is 9.45. The SMILES string of the molecule is CN=C(NCc1ncc(C)s1)NCC1(c2ccccc2)CCCC1. The van der Waals surface area contributed by atoms with E-state index in [0.717, 1.165) is 24.1 Å². The lowest BCUT2D eigenvalue weighted by molar-refractivity contribution is 0.431. The predicted molar refractivity (Wildman–Crippen MR) is 102 cm³/mol. The third-order valence-corrected chi connectivity index (χ3v) is 5.75. The van der Waals surface area contributed by atoms with Gasteiger partial charge < -0.3 is 10.6 Å². The van der Waals surface area contributed by atoms with Crippen LogP contribution in [0.15, 0.2) is 41.5 Å². The zero-order chi connectivity index (χ0) is 16.8. The number of benzene rings is 1. The second-order valence-electron chi connectivity index (χ2n) is 6.50. The first kappa shape index (κ1) is 17.0. The van der Waals surface area contributed by atoms with Crippen molar-refractivity contribution in [1.29, 1.82) is 0 Å². The van der Waals surface area contributed by atoms with E-state index in [1.165, 1.54) is 36.1 Å². The van der Waals surface area contributed by atoms with Crippen LogP contribution < -0.4 is 10.6 Å². The van der Waals surface area contributed by atoms with Crippen LogP contribution in [0.4, 0.5) is 0 Å². The molecule has 1 aliphatic carbocycles. The van der Waals surface area contributed by atoms with E-state index in [4.69, 9.17) is 0 Å². The molecule has 0 unspecified atom stereocenters. The van der Waals surface area contributed by atoms with Crippen molar-refractivity contribution in [2.45, 2.75) is 44.6 Å². The lowest BCUT2D eigenvalue weighted by atomic mass is 9.79. The maximum Gasteiger partial charge on any atom is 0.191 e. The van der Waals surface area contributed by atoms with Gasteiger partial charge in [0.15, 0.2) is 5.96 Å². The molecule has 1 heterocycles. The van der Waals surface area contributed by atoms with Crippen molar-refractivity contribution in [3.05, 3.63) is 52.0 Å². The van der Waals surface area contributed by atoms with Crippen LogP contribution in [0.3, 0.4) is 0 Å². The van der Waals surface area contributed by atoms with E-state index in [9.17, 15) is 0 Å². The highest BCUT2D eigenvalue weighted by atomic mass is 32.1. The summed E-state index contributed by atoms with van der Waals surface area (Å²) in [5.74, 6) is 0.852. The highest BCUT2D eigenvalue weighted by Gasteiger charge is 2.35. The smallest absolute Gasteiger partial charge is 0.191 e. The van der Waals surface area contributed by atoms with Crippen LogP contribution in [0.1, 0.15) is 41.1 Å². The van der Waals surface area contributed by atoms with Gasteiger partial charge in [-0.3, -0.25) is 4.99 Å². The minimum Gasteiger partial charge on any atom is -0.356 e. The fraction of sp³-hybridized carbons (Fsp3) is 0.474. The van der Waals surface area contributed by atoms with Gasteiger partial charge in [-0.25, -0.2) is 4.98 Å². The number of nitrogens with one attached hydrogen (secondary N) is 2. The van der Waals surface area contributed by atoms with Gasteiger partial charge in [-0.05, 0) is 25.3 Å². The largest absolute Gasteiger partial charge is 0.356 e. The zero-order valence-electron chi connectivity index (χ0n) is 14.5. The Balaban J connectivity index is 1.61. The number of aryl methyl sites for hydroxylation is 1. The first-order valence-electron chi connectivity index (χ1n) is 8.63. The first-order chi connectivity index (χ1) is 11.7. The summed E-state index contributed by atoms with van der Waals surface area (Å²) in [5.41, 5.74) is 1.68. The van der Waals surface area contributed by atoms with Crippen molar-refractivity contribution in [3.8, 4) is 0 Å². The monoisotopic (exact) mass is 342 g/mol. The van der Waals surface area contributed by atoms with Crippen LogP contribution in [-0.4, -0.2) is 24.5 Å². The van der Waals surface area contributed by atoms with Gasteiger partial charge in [0.05, 0.1) is 6.54 Å². The molecule has 1 aromatic heterocycles. The molecule has 1 fully saturated rings. The number of rotatable bonds is 5. The Morgan fingerprint density at radius 2 is 1.96 bits per heavy atom. The average molecular weight is 343 g/mol. The van der Waals surface area contributed by atoms with Crippen LogP contribution in [0, 0.1) is 6.92 Å². The summed E-state index contributed by atoms with van der Waals surface area (Å²) in [6, 6.07) is 10.9. The lowest BCUT2D eigenvalue weighted by Gasteiger charge is -2.30. The van der Waals surface area contributed by atoms with Crippen LogP contribution in [0.5, 0.6) is 0 Å². The van der Waals surface area contributed by atoms with E-state index in [2.05, 4.69) is 57.9 Å². The van der Waals surface area contributed by atoms with E-state index >= 15 is 0 Å². The summed E-state index contributed by atoms with van der Waals surface area (Å²) in [4.78, 5) is 10.0. The molecule has 0 amide bonds. The molecular weight excluding hydrogens is 316 g/mol. The van der Waals surface area contributed by atoms with Crippen LogP contribution in [-0.2, 0) is 12.0 Å². The molecule has 1 aliphatic rings. The molecule has 0 aliphatic heterocycles. The van der Waals surface area contributed by atoms with Crippen molar-refractivity contribution in [3.63, 3.8) is 0 Å². The van der Waals surface area contributed by atoms with Gasteiger partial charge in [0.1, 0.15) is 5.01 Å². The fourth-order valence-electron chi connectivity index (χ4n) is 3.53. The lowest BCUT2D eigenvalue weighted by Crippen LogP contribution is -2.44. The van der Waals surface area contributed by atoms with E-state index in [1.807, 2.05) is 13.2 Å². The summed E-state index contributed by atoms with van der Waals surface area (Å²) in [5, 5.41) is 8.01. The number of hydrogen-bond donors (Lipinski definition) is 2. The van der Waals surface area contributed by atoms with Crippen LogP contribution in [0.2, 0.25) is 0 Å².